The molecule has 0 radical (unpaired) electrons. The van der Waals surface area contributed by atoms with E-state index in [-0.39, 0.29) is 0 Å². The fourth-order valence-electron chi connectivity index (χ4n) is 1.97. The predicted octanol–water partition coefficient (Wildman–Crippen LogP) is 3.62. The van der Waals surface area contributed by atoms with E-state index in [1.165, 1.54) is 10.9 Å². The van der Waals surface area contributed by atoms with Crippen LogP contribution in [0.5, 0.6) is 0 Å². The van der Waals surface area contributed by atoms with Gasteiger partial charge in [0.15, 0.2) is 0 Å². The van der Waals surface area contributed by atoms with Crippen molar-refractivity contribution in [3.8, 4) is 6.07 Å². The van der Waals surface area contributed by atoms with Crippen molar-refractivity contribution in [1.82, 2.24) is 4.57 Å². The van der Waals surface area contributed by atoms with Gasteiger partial charge in [0.25, 0.3) is 0 Å². The summed E-state index contributed by atoms with van der Waals surface area (Å²) >= 11 is 1.71. The monoisotopic (exact) mass is 238 g/mol. The van der Waals surface area contributed by atoms with E-state index in [4.69, 9.17) is 5.26 Å². The molecule has 0 N–H and O–H groups in total. The average molecular weight is 238 g/mol. The lowest BCUT2D eigenvalue weighted by Gasteiger charge is -2.03. The molecule has 2 nitrogen and oxygen atoms in total. The summed E-state index contributed by atoms with van der Waals surface area (Å²) in [5, 5.41) is 14.3. The van der Waals surface area contributed by atoms with Crippen molar-refractivity contribution in [2.24, 2.45) is 0 Å². The molecule has 3 aromatic rings. The van der Waals surface area contributed by atoms with E-state index in [1.807, 2.05) is 18.2 Å². The van der Waals surface area contributed by atoms with Gasteiger partial charge in [-0.15, -0.1) is 0 Å². The molecule has 0 bridgehead atoms. The highest BCUT2D eigenvalue weighted by Gasteiger charge is 2.03. The third-order valence-corrected chi connectivity index (χ3v) is 3.57. The Kier molecular flexibility index (Phi) is 2.43. The molecule has 0 saturated heterocycles. The van der Waals surface area contributed by atoms with E-state index in [1.54, 1.807) is 11.3 Å². The molecule has 2 aromatic heterocycles. The van der Waals surface area contributed by atoms with E-state index in [0.29, 0.717) is 5.56 Å². The standard InChI is InChI=1S/C14H10N2S/c15-8-11-1-2-13-3-5-16(14(13)7-11)9-12-4-6-17-10-12/h1-7,10H,9H2. The summed E-state index contributed by atoms with van der Waals surface area (Å²) in [4.78, 5) is 0. The molecule has 82 valence electrons. The molecule has 3 heteroatoms. The molecule has 0 unspecified atom stereocenters. The number of hydrogen-bond acceptors (Lipinski definition) is 2. The van der Waals surface area contributed by atoms with Crippen molar-refractivity contribution in [2.75, 3.05) is 0 Å². The van der Waals surface area contributed by atoms with Gasteiger partial charge in [-0.3, -0.25) is 0 Å². The number of nitrogens with zero attached hydrogens (tertiary/aromatic N) is 2. The van der Waals surface area contributed by atoms with E-state index >= 15 is 0 Å². The highest BCUT2D eigenvalue weighted by atomic mass is 32.1. The van der Waals surface area contributed by atoms with Crippen LogP contribution in [0.3, 0.4) is 0 Å². The first-order chi connectivity index (χ1) is 8.36. The molecule has 17 heavy (non-hydrogen) atoms. The lowest BCUT2D eigenvalue weighted by molar-refractivity contribution is 0.840. The van der Waals surface area contributed by atoms with Crippen LogP contribution in [0.15, 0.2) is 47.3 Å². The SMILES string of the molecule is N#Cc1ccc2ccn(Cc3ccsc3)c2c1. The highest BCUT2D eigenvalue weighted by Crippen LogP contribution is 2.19. The van der Waals surface area contributed by atoms with Crippen molar-refractivity contribution < 1.29 is 0 Å². The van der Waals surface area contributed by atoms with Crippen molar-refractivity contribution >= 4 is 22.2 Å². The van der Waals surface area contributed by atoms with Gasteiger partial charge in [0.1, 0.15) is 0 Å². The number of fused-ring (bicyclic) bond motifs is 1. The third-order valence-electron chi connectivity index (χ3n) is 2.84. The zero-order chi connectivity index (χ0) is 11.7. The van der Waals surface area contributed by atoms with Crippen LogP contribution in [0.4, 0.5) is 0 Å². The summed E-state index contributed by atoms with van der Waals surface area (Å²) < 4.78 is 2.18. The van der Waals surface area contributed by atoms with Gasteiger partial charge in [0.05, 0.1) is 11.6 Å². The maximum Gasteiger partial charge on any atom is 0.0992 e. The van der Waals surface area contributed by atoms with E-state index in [0.717, 1.165) is 12.1 Å². The summed E-state index contributed by atoms with van der Waals surface area (Å²) in [6.07, 6.45) is 2.07. The lowest BCUT2D eigenvalue weighted by atomic mass is 10.2. The molecule has 0 aliphatic carbocycles. The number of nitriles is 1. The average Bonchev–Trinajstić information content (AvgIpc) is 2.99. The molecule has 0 saturated carbocycles. The number of thiophene rings is 1. The summed E-state index contributed by atoms with van der Waals surface area (Å²) in [6.45, 7) is 0.863. The Morgan fingerprint density at radius 1 is 1.24 bits per heavy atom. The minimum Gasteiger partial charge on any atom is -0.343 e. The fourth-order valence-corrected chi connectivity index (χ4v) is 2.63. The second-order valence-corrected chi connectivity index (χ2v) is 4.74. The van der Waals surface area contributed by atoms with E-state index in [9.17, 15) is 0 Å². The van der Waals surface area contributed by atoms with E-state index in [2.05, 4.69) is 39.7 Å². The first-order valence-electron chi connectivity index (χ1n) is 5.37. The van der Waals surface area contributed by atoms with Gasteiger partial charge in [-0.25, -0.2) is 0 Å². The molecule has 0 atom stereocenters. The van der Waals surface area contributed by atoms with Crippen LogP contribution in [0.2, 0.25) is 0 Å². The van der Waals surface area contributed by atoms with Crippen molar-refractivity contribution in [1.29, 1.82) is 5.26 Å². The highest BCUT2D eigenvalue weighted by molar-refractivity contribution is 7.07. The number of hydrogen-bond donors (Lipinski definition) is 0. The molecule has 0 spiro atoms. The van der Waals surface area contributed by atoms with Gasteiger partial charge in [-0.2, -0.15) is 16.6 Å². The minimum absolute atomic E-state index is 0.711. The van der Waals surface area contributed by atoms with Gasteiger partial charge in [-0.1, -0.05) is 6.07 Å². The van der Waals surface area contributed by atoms with Crippen LogP contribution in [0.25, 0.3) is 10.9 Å². The quantitative estimate of drug-likeness (QED) is 0.670. The van der Waals surface area contributed by atoms with Crippen LogP contribution in [0.1, 0.15) is 11.1 Å². The van der Waals surface area contributed by atoms with Gasteiger partial charge in [0, 0.05) is 18.3 Å². The molecule has 0 amide bonds. The summed E-state index contributed by atoms with van der Waals surface area (Å²) in [5.74, 6) is 0. The van der Waals surface area contributed by atoms with Gasteiger partial charge in [-0.05, 0) is 46.0 Å². The first-order valence-corrected chi connectivity index (χ1v) is 6.31. The van der Waals surface area contributed by atoms with Crippen molar-refractivity contribution in [2.45, 2.75) is 6.54 Å². The number of aromatic nitrogens is 1. The second kappa shape index (κ2) is 4.08. The Labute approximate surface area is 103 Å². The Balaban J connectivity index is 2.08. The Morgan fingerprint density at radius 2 is 2.18 bits per heavy atom. The van der Waals surface area contributed by atoms with E-state index < -0.39 is 0 Å². The van der Waals surface area contributed by atoms with Crippen LogP contribution in [-0.2, 0) is 6.54 Å². The Morgan fingerprint density at radius 3 is 2.94 bits per heavy atom. The normalized spacial score (nSPS) is 10.5. The largest absolute Gasteiger partial charge is 0.343 e. The first kappa shape index (κ1) is 10.1. The van der Waals surface area contributed by atoms with Crippen LogP contribution < -0.4 is 0 Å². The van der Waals surface area contributed by atoms with Crippen LogP contribution >= 0.6 is 11.3 Å². The molecule has 2 heterocycles. The maximum atomic E-state index is 8.92. The minimum atomic E-state index is 0.711. The lowest BCUT2D eigenvalue weighted by Crippen LogP contribution is -1.96. The van der Waals surface area contributed by atoms with Crippen LogP contribution in [0, 0.1) is 11.3 Å². The molecular formula is C14H10N2S. The van der Waals surface area contributed by atoms with Crippen LogP contribution in [-0.4, -0.2) is 4.57 Å². The molecule has 1 aromatic carbocycles. The van der Waals surface area contributed by atoms with Gasteiger partial charge in [0.2, 0.25) is 0 Å². The Bertz CT molecular complexity index is 687. The smallest absolute Gasteiger partial charge is 0.0992 e. The van der Waals surface area contributed by atoms with Crippen molar-refractivity contribution in [3.05, 3.63) is 58.4 Å². The molecule has 0 aliphatic rings. The molecule has 3 rings (SSSR count). The fraction of sp³-hybridized carbons (Fsp3) is 0.0714. The number of benzene rings is 1. The zero-order valence-corrected chi connectivity index (χ0v) is 9.95. The predicted molar refractivity (Wildman–Crippen MR) is 70.1 cm³/mol. The maximum absolute atomic E-state index is 8.92. The Hall–Kier alpha value is -2.05. The topological polar surface area (TPSA) is 28.7 Å². The molecule has 0 fully saturated rings. The summed E-state index contributed by atoms with van der Waals surface area (Å²) in [5.41, 5.74) is 3.13. The summed E-state index contributed by atoms with van der Waals surface area (Å²) in [6, 6.07) is 12.2. The molecular weight excluding hydrogens is 228 g/mol. The second-order valence-electron chi connectivity index (χ2n) is 3.96. The third kappa shape index (κ3) is 1.83. The zero-order valence-electron chi connectivity index (χ0n) is 9.13. The van der Waals surface area contributed by atoms with Gasteiger partial charge >= 0.3 is 0 Å². The van der Waals surface area contributed by atoms with Gasteiger partial charge < -0.3 is 4.57 Å². The molecule has 0 aliphatic heterocycles. The van der Waals surface area contributed by atoms with Crippen molar-refractivity contribution in [3.63, 3.8) is 0 Å². The summed E-state index contributed by atoms with van der Waals surface area (Å²) in [7, 11) is 0. The number of rotatable bonds is 2.